The third-order valence-electron chi connectivity index (χ3n) is 16.4. The molecule has 4 aromatic rings. The molecule has 0 unspecified atom stereocenters. The van der Waals surface area contributed by atoms with Gasteiger partial charge in [0.1, 0.15) is 78.5 Å². The molecule has 0 spiro atoms. The highest BCUT2D eigenvalue weighted by atomic mass is 16.6. The number of nitrogens with two attached hydrogens (primary N) is 1. The van der Waals surface area contributed by atoms with Crippen molar-refractivity contribution in [2.24, 2.45) is 17.6 Å². The fourth-order valence-corrected chi connectivity index (χ4v) is 11.2. The molecule has 6 aliphatic rings. The molecule has 6 aliphatic heterocycles. The van der Waals surface area contributed by atoms with E-state index in [1.165, 1.54) is 42.5 Å². The first-order valence-electron chi connectivity index (χ1n) is 31.2. The van der Waals surface area contributed by atoms with Gasteiger partial charge in [-0.3, -0.25) is 52.7 Å². The first-order chi connectivity index (χ1) is 45.6. The number of carbonyl (C=O) groups excluding carboxylic acids is 12. The summed E-state index contributed by atoms with van der Waals surface area (Å²) >= 11 is 0. The minimum Gasteiger partial charge on any atom is -0.504 e. The quantitative estimate of drug-likeness (QED) is 0.0381. The van der Waals surface area contributed by atoms with E-state index < -0.39 is 174 Å². The Bertz CT molecular complexity index is 3630. The zero-order valence-electron chi connectivity index (χ0n) is 53.3. The third kappa shape index (κ3) is 18.1. The molecule has 15 N–H and O–H groups in total. The van der Waals surface area contributed by atoms with Crippen LogP contribution in [0.4, 0.5) is 0 Å². The van der Waals surface area contributed by atoms with Gasteiger partial charge >= 0.3 is 5.97 Å². The average Bonchev–Trinajstić information content (AvgIpc) is 1.49. The number of aromatic hydroxyl groups is 1. The Hall–Kier alpha value is -10.3. The number of ether oxygens (including phenoxy) is 3. The zero-order valence-corrected chi connectivity index (χ0v) is 53.3. The summed E-state index contributed by atoms with van der Waals surface area (Å²) in [6.45, 7) is 8.51. The number of aliphatic hydroxyl groups excluding tert-OH is 3. The highest BCUT2D eigenvalue weighted by Crippen LogP contribution is 2.40. The molecule has 6 bridgehead atoms. The third-order valence-corrected chi connectivity index (χ3v) is 16.4. The number of aliphatic hydroxyl groups is 3. The summed E-state index contributed by atoms with van der Waals surface area (Å²) in [6.07, 6.45) is -7.26. The number of carbonyl (C=O) groups is 12. The molecule has 6 heterocycles. The Labute approximate surface area is 551 Å². The summed E-state index contributed by atoms with van der Waals surface area (Å²) < 4.78 is 17.4. The van der Waals surface area contributed by atoms with Crippen LogP contribution >= 0.6 is 0 Å². The molecule has 4 aromatic carbocycles. The first kappa shape index (κ1) is 71.5. The van der Waals surface area contributed by atoms with Crippen LogP contribution in [0.2, 0.25) is 0 Å². The van der Waals surface area contributed by atoms with Gasteiger partial charge < -0.3 is 93.1 Å². The SMILES string of the molecule is CC(C)C[C@H]1NC(=O)[C@@H]2CCCN2C(=O)[C@H]([C@@H](O)c2ccccc2)NC(=O)CNC(=O)[C@H](C(C)C)NC(=O)[C@H]2NC(=O)[C@@H](NC(=O)/C=C/c3ccccc3[C@H]3O[C@@H]3C)[C@@H](C)OC(=O)[C@@H](CC(N)=O)NC(=O)[C@H](NC(=O)[C@H](O)NC1=O)[C@@H](O)c1ccc(O)c(c1)Oc1ccc2cc1. The molecule has 0 aliphatic carbocycles. The summed E-state index contributed by atoms with van der Waals surface area (Å²) in [7, 11) is 0. The van der Waals surface area contributed by atoms with E-state index in [9.17, 15) is 73.2 Å². The Balaban J connectivity index is 1.24. The summed E-state index contributed by atoms with van der Waals surface area (Å²) in [5.41, 5.74) is 6.73. The predicted octanol–water partition coefficient (Wildman–Crippen LogP) is -0.731. The lowest BCUT2D eigenvalue weighted by atomic mass is 9.99. The summed E-state index contributed by atoms with van der Waals surface area (Å²) in [5, 5.41) is 68.0. The van der Waals surface area contributed by atoms with Gasteiger partial charge in [0.25, 0.3) is 5.91 Å². The van der Waals surface area contributed by atoms with Gasteiger partial charge in [-0.2, -0.15) is 0 Å². The van der Waals surface area contributed by atoms with Gasteiger partial charge in [-0.05, 0) is 103 Å². The maximum absolute atomic E-state index is 15.1. The van der Waals surface area contributed by atoms with Crippen LogP contribution in [0.1, 0.15) is 119 Å². The molecule has 3 fully saturated rings. The molecule has 14 atom stereocenters. The number of epoxide rings is 1. The van der Waals surface area contributed by atoms with E-state index in [-0.39, 0.29) is 66.4 Å². The number of phenolic OH excluding ortho intramolecular Hbond substituents is 1. The summed E-state index contributed by atoms with van der Waals surface area (Å²) in [5.74, 6) is -16.2. The molecule has 96 heavy (non-hydrogen) atoms. The normalized spacial score (nSPS) is 27.2. The summed E-state index contributed by atoms with van der Waals surface area (Å²) in [4.78, 5) is 173. The van der Waals surface area contributed by atoms with Gasteiger partial charge in [0.2, 0.25) is 65.3 Å². The van der Waals surface area contributed by atoms with Crippen LogP contribution < -0.4 is 58.3 Å². The van der Waals surface area contributed by atoms with E-state index in [0.717, 1.165) is 41.7 Å². The number of fused-ring (bicyclic) bond motifs is 17. The fourth-order valence-electron chi connectivity index (χ4n) is 11.2. The second kappa shape index (κ2) is 31.8. The van der Waals surface area contributed by atoms with Crippen LogP contribution in [0.25, 0.3) is 6.08 Å². The van der Waals surface area contributed by atoms with Crippen molar-refractivity contribution in [2.75, 3.05) is 13.1 Å². The monoisotopic (exact) mass is 1330 g/mol. The molecule has 0 aromatic heterocycles. The topological polar surface area (TPSA) is 454 Å². The number of rotatable bonds is 11. The van der Waals surface area contributed by atoms with Crippen LogP contribution in [0.5, 0.6) is 17.2 Å². The molecular formula is C66H79N11O19. The van der Waals surface area contributed by atoms with Crippen LogP contribution in [-0.2, 0) is 67.0 Å². The first-order valence-corrected chi connectivity index (χ1v) is 31.2. The second-order valence-corrected chi connectivity index (χ2v) is 24.5. The number of nitrogens with one attached hydrogen (secondary N) is 9. The Morgan fingerprint density at radius 3 is 2.04 bits per heavy atom. The number of hydrogen-bond donors (Lipinski definition) is 14. The van der Waals surface area contributed by atoms with Crippen molar-refractivity contribution in [1.29, 1.82) is 0 Å². The zero-order chi connectivity index (χ0) is 69.8. The molecule has 30 nitrogen and oxygen atoms in total. The van der Waals surface area contributed by atoms with Crippen molar-refractivity contribution in [3.05, 3.63) is 131 Å². The van der Waals surface area contributed by atoms with Gasteiger partial charge in [0.15, 0.2) is 11.5 Å². The molecule has 3 saturated heterocycles. The average molecular weight is 1330 g/mol. The molecule has 30 heteroatoms. The Morgan fingerprint density at radius 1 is 0.708 bits per heavy atom. The van der Waals surface area contributed by atoms with Gasteiger partial charge in [0, 0.05) is 12.6 Å². The van der Waals surface area contributed by atoms with Crippen LogP contribution in [-0.4, -0.2) is 170 Å². The highest BCUT2D eigenvalue weighted by molar-refractivity contribution is 6.00. The molecule has 11 amide bonds. The van der Waals surface area contributed by atoms with Gasteiger partial charge in [0.05, 0.1) is 19.1 Å². The standard InChI is InChI=1S/C66H79N11O19/c1-31(2)27-41-57(84)76-64(91)63(90)75-52-55(83)38-20-24-44(78)45(28-38)96-39-22-18-36(19-23-39)51(74-60(87)50(33(5)95-66(93)42(29-46(67)79)70-62(52)89)71-47(80)25-21-35-13-10-11-16-40(35)56-34(6)94-56)61(88)73-49(32(3)4)59(86)68-30-48(81)72-53(54(82)37-14-8-7-9-15-37)65(92)77-26-12-17-43(77)58(85)69-41/h7-11,13-16,18-25,28,31-34,41-43,49-56,64,78,82-83,91H,12,17,26-27,29-30H2,1-6H3,(H2,67,79)(H,68,86)(H,69,85)(H,70,89)(H,71,80)(H,72,81)(H,73,88)(H,74,87)(H,75,90)(H,76,84)/b25-21+/t33-,34-,41-,42-,43+,49+,50+,51+,52-,53+,54+,55+,56+,64+/m1/s1. The van der Waals surface area contributed by atoms with Crippen molar-refractivity contribution >= 4 is 77.0 Å². The van der Waals surface area contributed by atoms with E-state index in [1.807, 2.05) is 6.92 Å². The van der Waals surface area contributed by atoms with Crippen molar-refractivity contribution < 1.29 is 92.2 Å². The minimum absolute atomic E-state index is 0.0213. The van der Waals surface area contributed by atoms with E-state index in [1.54, 1.807) is 70.2 Å². The number of amides is 11. The largest absolute Gasteiger partial charge is 0.504 e. The summed E-state index contributed by atoms with van der Waals surface area (Å²) in [6, 6.07) is 8.57. The van der Waals surface area contributed by atoms with Crippen molar-refractivity contribution in [2.45, 2.75) is 152 Å². The number of nitrogens with zero attached hydrogens (tertiary/aromatic N) is 1. The fraction of sp³-hybridized carbons (Fsp3) is 0.424. The lowest BCUT2D eigenvalue weighted by molar-refractivity contribution is -0.157. The number of phenols is 1. The van der Waals surface area contributed by atoms with E-state index >= 15 is 4.79 Å². The van der Waals surface area contributed by atoms with Crippen molar-refractivity contribution in [3.63, 3.8) is 0 Å². The van der Waals surface area contributed by atoms with Crippen LogP contribution in [0, 0.1) is 11.8 Å². The maximum Gasteiger partial charge on any atom is 0.329 e. The molecule has 512 valence electrons. The maximum atomic E-state index is 15.1. The number of esters is 1. The predicted molar refractivity (Wildman–Crippen MR) is 338 cm³/mol. The van der Waals surface area contributed by atoms with Crippen molar-refractivity contribution in [3.8, 4) is 17.2 Å². The Kier molecular flexibility index (Phi) is 23.7. The van der Waals surface area contributed by atoms with Crippen molar-refractivity contribution in [1.82, 2.24) is 52.8 Å². The smallest absolute Gasteiger partial charge is 0.329 e. The lowest BCUT2D eigenvalue weighted by Crippen LogP contribution is -2.60. The van der Waals surface area contributed by atoms with Crippen LogP contribution in [0.15, 0.2) is 103 Å². The lowest BCUT2D eigenvalue weighted by Gasteiger charge is -2.32. The number of primary amides is 1. The van der Waals surface area contributed by atoms with E-state index in [0.29, 0.717) is 5.56 Å². The molecule has 10 rings (SSSR count). The number of benzene rings is 4. The number of hydrogen-bond acceptors (Lipinski definition) is 19. The Morgan fingerprint density at radius 2 is 1.38 bits per heavy atom. The minimum atomic E-state index is -2.59. The molecule has 0 radical (unpaired) electrons. The van der Waals surface area contributed by atoms with Gasteiger partial charge in [-0.15, -0.1) is 0 Å². The van der Waals surface area contributed by atoms with Gasteiger partial charge in [-0.1, -0.05) is 100 Å². The second-order valence-electron chi connectivity index (χ2n) is 24.5. The van der Waals surface area contributed by atoms with E-state index in [4.69, 9.17) is 19.9 Å². The highest BCUT2D eigenvalue weighted by Gasteiger charge is 2.44. The van der Waals surface area contributed by atoms with Gasteiger partial charge in [-0.25, -0.2) is 4.79 Å². The van der Waals surface area contributed by atoms with E-state index in [2.05, 4.69) is 47.9 Å². The molecular weight excluding hydrogens is 1250 g/mol. The molecule has 0 saturated carbocycles. The van der Waals surface area contributed by atoms with Crippen LogP contribution in [0.3, 0.4) is 0 Å².